The minimum absolute atomic E-state index is 0.184. The number of halogens is 2. The van der Waals surface area contributed by atoms with Crippen LogP contribution in [0, 0.1) is 0 Å². The Morgan fingerprint density at radius 1 is 1.24 bits per heavy atom. The van der Waals surface area contributed by atoms with E-state index in [1.165, 1.54) is 24.4 Å². The van der Waals surface area contributed by atoms with E-state index >= 15 is 0 Å². The van der Waals surface area contributed by atoms with E-state index in [0.29, 0.717) is 10.8 Å². The predicted molar refractivity (Wildman–Crippen MR) is 58.2 cm³/mol. The highest BCUT2D eigenvalue weighted by Crippen LogP contribution is 2.23. The molecule has 17 heavy (non-hydrogen) atoms. The smallest absolute Gasteiger partial charge is 0.423 e. The molecule has 1 heterocycles. The maximum Gasteiger partial charge on any atom is 0.488 e. The number of hydrogen-bond acceptors (Lipinski definition) is 4. The molecule has 0 amide bonds. The van der Waals surface area contributed by atoms with Gasteiger partial charge in [0.15, 0.2) is 0 Å². The van der Waals surface area contributed by atoms with Crippen LogP contribution < -0.4 is 10.2 Å². The second kappa shape index (κ2) is 4.64. The summed E-state index contributed by atoms with van der Waals surface area (Å²) in [5.41, 5.74) is 0.270. The van der Waals surface area contributed by atoms with Gasteiger partial charge in [-0.05, 0) is 23.0 Å². The van der Waals surface area contributed by atoms with Crippen LogP contribution in [-0.2, 0) is 0 Å². The number of benzene rings is 1. The topological polar surface area (TPSA) is 62.6 Å². The molecule has 0 aliphatic heterocycles. The summed E-state index contributed by atoms with van der Waals surface area (Å²) in [5.74, 6) is -0.184. The van der Waals surface area contributed by atoms with Gasteiger partial charge >= 0.3 is 13.7 Å². The monoisotopic (exact) mass is 239 g/mol. The summed E-state index contributed by atoms with van der Waals surface area (Å²) in [6.45, 7) is -2.95. The second-order valence-electron chi connectivity index (χ2n) is 3.35. The largest absolute Gasteiger partial charge is 0.488 e. The fraction of sp³-hybridized carbons (Fsp3) is 0.100. The fourth-order valence-electron chi connectivity index (χ4n) is 1.51. The van der Waals surface area contributed by atoms with Crippen LogP contribution in [0.5, 0.6) is 5.88 Å². The van der Waals surface area contributed by atoms with Gasteiger partial charge in [0.2, 0.25) is 5.88 Å². The fourth-order valence-corrected chi connectivity index (χ4v) is 1.51. The number of ether oxygens (including phenoxy) is 1. The summed E-state index contributed by atoms with van der Waals surface area (Å²) in [6, 6.07) is 5.90. The lowest BCUT2D eigenvalue weighted by Gasteiger charge is -2.07. The van der Waals surface area contributed by atoms with Crippen LogP contribution in [-0.4, -0.2) is 28.8 Å². The van der Waals surface area contributed by atoms with Crippen LogP contribution in [0.25, 0.3) is 10.8 Å². The predicted octanol–water partition coefficient (Wildman–Crippen LogP) is 0.516. The number of fused-ring (bicyclic) bond motifs is 1. The van der Waals surface area contributed by atoms with Gasteiger partial charge in [-0.1, -0.05) is 12.1 Å². The van der Waals surface area contributed by atoms with Crippen LogP contribution in [0.1, 0.15) is 0 Å². The van der Waals surface area contributed by atoms with Crippen molar-refractivity contribution in [2.45, 2.75) is 6.61 Å². The molecule has 0 saturated heterocycles. The summed E-state index contributed by atoms with van der Waals surface area (Å²) in [6.07, 6.45) is 1.31. The van der Waals surface area contributed by atoms with Gasteiger partial charge in [0, 0.05) is 11.6 Å². The molecule has 0 aliphatic carbocycles. The van der Waals surface area contributed by atoms with Crippen LogP contribution >= 0.6 is 0 Å². The average Bonchev–Trinajstić information content (AvgIpc) is 2.28. The van der Waals surface area contributed by atoms with Gasteiger partial charge in [0.25, 0.3) is 0 Å². The second-order valence-corrected chi connectivity index (χ2v) is 3.35. The Balaban J connectivity index is 2.51. The molecule has 0 saturated carbocycles. The van der Waals surface area contributed by atoms with Gasteiger partial charge in [-0.3, -0.25) is 0 Å². The van der Waals surface area contributed by atoms with Crippen LogP contribution in [0.15, 0.2) is 30.5 Å². The Labute approximate surface area is 95.6 Å². The molecule has 1 aromatic heterocycles. The van der Waals surface area contributed by atoms with E-state index in [9.17, 15) is 8.78 Å². The SMILES string of the molecule is OB(O)c1ccc2c(OC(F)F)nccc2c1. The first-order valence-electron chi connectivity index (χ1n) is 4.77. The Morgan fingerprint density at radius 2 is 2.00 bits per heavy atom. The Hall–Kier alpha value is -1.73. The Morgan fingerprint density at radius 3 is 2.65 bits per heavy atom. The highest BCUT2D eigenvalue weighted by Gasteiger charge is 2.14. The van der Waals surface area contributed by atoms with E-state index in [0.717, 1.165) is 0 Å². The van der Waals surface area contributed by atoms with Crippen molar-refractivity contribution in [1.82, 2.24) is 4.98 Å². The van der Waals surface area contributed by atoms with Crippen molar-refractivity contribution in [2.75, 3.05) is 0 Å². The molecular weight excluding hydrogens is 231 g/mol. The lowest BCUT2D eigenvalue weighted by molar-refractivity contribution is -0.0517. The molecule has 4 nitrogen and oxygen atoms in total. The average molecular weight is 239 g/mol. The number of pyridine rings is 1. The normalized spacial score (nSPS) is 10.9. The molecule has 0 aliphatic rings. The van der Waals surface area contributed by atoms with Crippen molar-refractivity contribution in [3.05, 3.63) is 30.5 Å². The third-order valence-electron chi connectivity index (χ3n) is 2.25. The van der Waals surface area contributed by atoms with Crippen molar-refractivity contribution in [3.63, 3.8) is 0 Å². The molecule has 2 aromatic rings. The van der Waals surface area contributed by atoms with Crippen molar-refractivity contribution in [2.24, 2.45) is 0 Å². The molecule has 0 radical (unpaired) electrons. The zero-order valence-corrected chi connectivity index (χ0v) is 8.55. The first kappa shape index (κ1) is 11.8. The molecule has 0 unspecified atom stereocenters. The minimum Gasteiger partial charge on any atom is -0.423 e. The van der Waals surface area contributed by atoms with Gasteiger partial charge in [-0.2, -0.15) is 8.78 Å². The number of hydrogen-bond donors (Lipinski definition) is 2. The number of aromatic nitrogens is 1. The van der Waals surface area contributed by atoms with E-state index in [1.807, 2.05) is 0 Å². The number of nitrogens with zero attached hydrogens (tertiary/aromatic N) is 1. The minimum atomic E-state index is -2.95. The van der Waals surface area contributed by atoms with Crippen LogP contribution in [0.3, 0.4) is 0 Å². The Bertz CT molecular complexity index is 536. The summed E-state index contributed by atoms with van der Waals surface area (Å²) in [7, 11) is -1.60. The van der Waals surface area contributed by atoms with Crippen molar-refractivity contribution in [3.8, 4) is 5.88 Å². The quantitative estimate of drug-likeness (QED) is 0.766. The zero-order chi connectivity index (χ0) is 12.4. The van der Waals surface area contributed by atoms with E-state index in [1.54, 1.807) is 6.07 Å². The lowest BCUT2D eigenvalue weighted by Crippen LogP contribution is -2.29. The molecule has 0 spiro atoms. The summed E-state index contributed by atoms with van der Waals surface area (Å²) in [5, 5.41) is 18.9. The first-order chi connectivity index (χ1) is 8.08. The summed E-state index contributed by atoms with van der Waals surface area (Å²) >= 11 is 0. The highest BCUT2D eigenvalue weighted by molar-refractivity contribution is 6.58. The molecule has 1 aromatic carbocycles. The number of rotatable bonds is 3. The molecule has 7 heteroatoms. The van der Waals surface area contributed by atoms with Gasteiger partial charge in [0.1, 0.15) is 0 Å². The Kier molecular flexibility index (Phi) is 3.21. The lowest BCUT2D eigenvalue weighted by atomic mass is 9.79. The van der Waals surface area contributed by atoms with Crippen LogP contribution in [0.4, 0.5) is 8.78 Å². The molecule has 88 valence electrons. The van der Waals surface area contributed by atoms with E-state index < -0.39 is 13.7 Å². The summed E-state index contributed by atoms with van der Waals surface area (Å²) in [4.78, 5) is 3.69. The van der Waals surface area contributed by atoms with Gasteiger partial charge < -0.3 is 14.8 Å². The summed E-state index contributed by atoms with van der Waals surface area (Å²) < 4.78 is 28.5. The third kappa shape index (κ3) is 2.51. The van der Waals surface area contributed by atoms with E-state index in [2.05, 4.69) is 9.72 Å². The maximum atomic E-state index is 12.1. The van der Waals surface area contributed by atoms with Crippen molar-refractivity contribution >= 4 is 23.4 Å². The third-order valence-corrected chi connectivity index (χ3v) is 2.25. The zero-order valence-electron chi connectivity index (χ0n) is 8.55. The van der Waals surface area contributed by atoms with Gasteiger partial charge in [-0.15, -0.1) is 0 Å². The van der Waals surface area contributed by atoms with Gasteiger partial charge in [0.05, 0.1) is 0 Å². The van der Waals surface area contributed by atoms with Crippen molar-refractivity contribution < 1.29 is 23.6 Å². The molecule has 2 rings (SSSR count). The van der Waals surface area contributed by atoms with E-state index in [4.69, 9.17) is 10.0 Å². The molecular formula is C10H8BF2NO3. The standard InChI is InChI=1S/C10H8BF2NO3/c12-10(13)17-9-8-2-1-7(11(15)16)5-6(8)3-4-14-9/h1-5,10,15-16H. The van der Waals surface area contributed by atoms with Crippen molar-refractivity contribution in [1.29, 1.82) is 0 Å². The molecule has 0 atom stereocenters. The molecule has 2 N–H and O–H groups in total. The number of alkyl halides is 2. The van der Waals surface area contributed by atoms with E-state index in [-0.39, 0.29) is 11.3 Å². The molecule has 0 fully saturated rings. The first-order valence-corrected chi connectivity index (χ1v) is 4.77. The highest BCUT2D eigenvalue weighted by atomic mass is 19.3. The molecule has 0 bridgehead atoms. The van der Waals surface area contributed by atoms with Crippen LogP contribution in [0.2, 0.25) is 0 Å². The maximum absolute atomic E-state index is 12.1. The van der Waals surface area contributed by atoms with Gasteiger partial charge in [-0.25, -0.2) is 4.98 Å².